The minimum atomic E-state index is 0.472. The molecule has 0 spiro atoms. The molecule has 22 heavy (non-hydrogen) atoms. The van der Waals surface area contributed by atoms with Crippen molar-refractivity contribution < 1.29 is 5.11 Å². The van der Waals surface area contributed by atoms with Crippen LogP contribution >= 0.6 is 0 Å². The molecule has 0 aliphatic heterocycles. The molecule has 0 aromatic heterocycles. The Morgan fingerprint density at radius 2 is 2.00 bits per heavy atom. The summed E-state index contributed by atoms with van der Waals surface area (Å²) in [7, 11) is 0. The molecule has 2 saturated carbocycles. The third-order valence-electron chi connectivity index (χ3n) is 7.24. The van der Waals surface area contributed by atoms with Crippen molar-refractivity contribution in [3.8, 4) is 5.75 Å². The summed E-state index contributed by atoms with van der Waals surface area (Å²) in [5, 5.41) is 10.0. The number of allylic oxidation sites excluding steroid dienone is 2. The summed E-state index contributed by atoms with van der Waals surface area (Å²) in [6.45, 7) is 6.81. The lowest BCUT2D eigenvalue weighted by molar-refractivity contribution is 0.0813. The lowest BCUT2D eigenvalue weighted by Gasteiger charge is -2.49. The Morgan fingerprint density at radius 1 is 1.18 bits per heavy atom. The van der Waals surface area contributed by atoms with Gasteiger partial charge in [0.2, 0.25) is 0 Å². The molecule has 3 unspecified atom stereocenters. The molecule has 3 aliphatic carbocycles. The highest BCUT2D eigenvalue weighted by Gasteiger charge is 2.52. The number of aromatic hydroxyl groups is 1. The van der Waals surface area contributed by atoms with Crippen LogP contribution in [0.15, 0.2) is 23.8 Å². The van der Waals surface area contributed by atoms with Crippen molar-refractivity contribution in [1.29, 1.82) is 0 Å². The number of aryl methyl sites for hydroxylation is 2. The lowest BCUT2D eigenvalue weighted by atomic mass is 9.55. The molecule has 0 amide bonds. The molecule has 1 nitrogen and oxygen atoms in total. The van der Waals surface area contributed by atoms with Crippen molar-refractivity contribution in [1.82, 2.24) is 0 Å². The van der Waals surface area contributed by atoms with E-state index in [2.05, 4.69) is 26.0 Å². The van der Waals surface area contributed by atoms with Gasteiger partial charge >= 0.3 is 0 Å². The topological polar surface area (TPSA) is 20.2 Å². The fourth-order valence-corrected chi connectivity index (χ4v) is 6.04. The molecule has 2 fully saturated rings. The predicted molar refractivity (Wildman–Crippen MR) is 91.2 cm³/mol. The Balaban J connectivity index is 1.73. The fourth-order valence-electron chi connectivity index (χ4n) is 6.04. The molecule has 3 aliphatic rings. The average molecular weight is 296 g/mol. The van der Waals surface area contributed by atoms with Crippen molar-refractivity contribution in [2.45, 2.75) is 65.2 Å². The standard InChI is InChI=1S/C21H28O/c1-4-15-6-8-19-17-7-5-14-12-20(22)13(2)11-18(14)16(17)9-10-21(15,19)3/h4,11-12,16-17,19,22H,5-10H2,1-3H3/t16?,17?,19?,21-/m1/s1. The summed E-state index contributed by atoms with van der Waals surface area (Å²) in [6.07, 6.45) is 10.3. The van der Waals surface area contributed by atoms with E-state index in [1.54, 1.807) is 11.1 Å². The fraction of sp³-hybridized carbons (Fsp3) is 0.619. The first kappa shape index (κ1) is 14.4. The van der Waals surface area contributed by atoms with E-state index in [0.717, 1.165) is 29.7 Å². The van der Waals surface area contributed by atoms with Gasteiger partial charge in [0, 0.05) is 0 Å². The quantitative estimate of drug-likeness (QED) is 0.626. The first-order valence-corrected chi connectivity index (χ1v) is 9.02. The normalized spacial score (nSPS) is 38.5. The van der Waals surface area contributed by atoms with E-state index in [4.69, 9.17) is 0 Å². The number of phenols is 1. The van der Waals surface area contributed by atoms with Gasteiger partial charge in [-0.25, -0.2) is 0 Å². The Labute approximate surface area is 134 Å². The van der Waals surface area contributed by atoms with E-state index in [0.29, 0.717) is 11.2 Å². The molecule has 1 heteroatoms. The van der Waals surface area contributed by atoms with Crippen molar-refractivity contribution >= 4 is 0 Å². The molecule has 0 saturated heterocycles. The highest BCUT2D eigenvalue weighted by Crippen LogP contribution is 2.62. The second-order valence-corrected chi connectivity index (χ2v) is 8.06. The Morgan fingerprint density at radius 3 is 2.77 bits per heavy atom. The Hall–Kier alpha value is -1.24. The first-order chi connectivity index (χ1) is 10.5. The minimum Gasteiger partial charge on any atom is -0.508 e. The van der Waals surface area contributed by atoms with Gasteiger partial charge in [-0.15, -0.1) is 0 Å². The molecular formula is C21H28O. The van der Waals surface area contributed by atoms with Gasteiger partial charge < -0.3 is 5.11 Å². The van der Waals surface area contributed by atoms with Crippen LogP contribution in [0.3, 0.4) is 0 Å². The maximum Gasteiger partial charge on any atom is 0.118 e. The van der Waals surface area contributed by atoms with E-state index >= 15 is 0 Å². The second-order valence-electron chi connectivity index (χ2n) is 8.06. The van der Waals surface area contributed by atoms with Gasteiger partial charge in [-0.2, -0.15) is 0 Å². The third kappa shape index (κ3) is 1.84. The molecule has 0 radical (unpaired) electrons. The highest BCUT2D eigenvalue weighted by atomic mass is 16.3. The number of hydrogen-bond donors (Lipinski definition) is 1. The van der Waals surface area contributed by atoms with Gasteiger partial charge in [-0.1, -0.05) is 24.6 Å². The third-order valence-corrected chi connectivity index (χ3v) is 7.24. The van der Waals surface area contributed by atoms with Gasteiger partial charge in [0.1, 0.15) is 5.75 Å². The van der Waals surface area contributed by atoms with Crippen molar-refractivity contribution in [2.24, 2.45) is 17.3 Å². The second kappa shape index (κ2) is 4.88. The van der Waals surface area contributed by atoms with Crippen LogP contribution in [0.5, 0.6) is 5.75 Å². The van der Waals surface area contributed by atoms with E-state index in [1.165, 1.54) is 37.7 Å². The van der Waals surface area contributed by atoms with Crippen LogP contribution in [-0.2, 0) is 6.42 Å². The summed E-state index contributed by atoms with van der Waals surface area (Å²) < 4.78 is 0. The maximum absolute atomic E-state index is 10.0. The molecule has 1 N–H and O–H groups in total. The van der Waals surface area contributed by atoms with E-state index in [1.807, 2.05) is 13.0 Å². The SMILES string of the molecule is CC=C1CCC2C3CCc4cc(O)c(C)cc4C3CC[C@]12C. The van der Waals surface area contributed by atoms with Gasteiger partial charge in [0.15, 0.2) is 0 Å². The number of benzene rings is 1. The molecule has 0 bridgehead atoms. The van der Waals surface area contributed by atoms with Crippen LogP contribution in [-0.4, -0.2) is 5.11 Å². The predicted octanol–water partition coefficient (Wildman–Crippen LogP) is 5.50. The van der Waals surface area contributed by atoms with Crippen LogP contribution in [0.1, 0.15) is 68.6 Å². The molecule has 1 aromatic carbocycles. The molecule has 4 rings (SSSR count). The summed E-state index contributed by atoms with van der Waals surface area (Å²) in [6, 6.07) is 4.33. The van der Waals surface area contributed by atoms with Gasteiger partial charge in [-0.05, 0) is 98.3 Å². The summed E-state index contributed by atoms with van der Waals surface area (Å²) in [5.74, 6) is 2.94. The molecule has 4 atom stereocenters. The van der Waals surface area contributed by atoms with Crippen molar-refractivity contribution in [3.05, 3.63) is 40.5 Å². The number of hydrogen-bond acceptors (Lipinski definition) is 1. The molecule has 118 valence electrons. The van der Waals surface area contributed by atoms with Crippen LogP contribution in [0.4, 0.5) is 0 Å². The largest absolute Gasteiger partial charge is 0.508 e. The number of fused-ring (bicyclic) bond motifs is 5. The van der Waals surface area contributed by atoms with Gasteiger partial charge in [0.05, 0.1) is 0 Å². The molecular weight excluding hydrogens is 268 g/mol. The van der Waals surface area contributed by atoms with Crippen molar-refractivity contribution in [2.75, 3.05) is 0 Å². The van der Waals surface area contributed by atoms with Crippen molar-refractivity contribution in [3.63, 3.8) is 0 Å². The smallest absolute Gasteiger partial charge is 0.118 e. The zero-order valence-electron chi connectivity index (χ0n) is 14.2. The Bertz CT molecular complexity index is 642. The highest BCUT2D eigenvalue weighted by molar-refractivity contribution is 5.45. The van der Waals surface area contributed by atoms with Gasteiger partial charge in [0.25, 0.3) is 0 Å². The monoisotopic (exact) mass is 296 g/mol. The van der Waals surface area contributed by atoms with Crippen LogP contribution in [0.2, 0.25) is 0 Å². The number of phenolic OH excluding ortho intramolecular Hbond substituents is 1. The maximum atomic E-state index is 10.0. The zero-order chi connectivity index (χ0) is 15.5. The summed E-state index contributed by atoms with van der Waals surface area (Å²) in [4.78, 5) is 0. The zero-order valence-corrected chi connectivity index (χ0v) is 14.2. The van der Waals surface area contributed by atoms with E-state index in [9.17, 15) is 5.11 Å². The van der Waals surface area contributed by atoms with Crippen LogP contribution in [0, 0.1) is 24.2 Å². The van der Waals surface area contributed by atoms with E-state index < -0.39 is 0 Å². The first-order valence-electron chi connectivity index (χ1n) is 9.02. The minimum absolute atomic E-state index is 0.472. The van der Waals surface area contributed by atoms with Crippen LogP contribution < -0.4 is 0 Å². The Kier molecular flexibility index (Phi) is 3.18. The van der Waals surface area contributed by atoms with E-state index in [-0.39, 0.29) is 0 Å². The average Bonchev–Trinajstić information content (AvgIpc) is 2.85. The van der Waals surface area contributed by atoms with Crippen LogP contribution in [0.25, 0.3) is 0 Å². The molecule has 1 aromatic rings. The molecule has 0 heterocycles. The summed E-state index contributed by atoms with van der Waals surface area (Å²) in [5.41, 5.74) is 6.22. The van der Waals surface area contributed by atoms with Gasteiger partial charge in [-0.3, -0.25) is 0 Å². The number of rotatable bonds is 0. The summed E-state index contributed by atoms with van der Waals surface area (Å²) >= 11 is 0. The lowest BCUT2D eigenvalue weighted by Crippen LogP contribution is -2.40.